The van der Waals surface area contributed by atoms with Crippen LogP contribution in [0.5, 0.6) is 0 Å². The lowest BCUT2D eigenvalue weighted by molar-refractivity contribution is 0.223. The molecule has 0 aliphatic heterocycles. The summed E-state index contributed by atoms with van der Waals surface area (Å²) < 4.78 is 4.98. The molecular weight excluding hydrogens is 154 g/mol. The summed E-state index contributed by atoms with van der Waals surface area (Å²) in [5, 5.41) is 3.56. The molecule has 0 atom stereocenters. The minimum atomic E-state index is -0.375. The van der Waals surface area contributed by atoms with Crippen molar-refractivity contribution in [3.8, 4) is 0 Å². The molecule has 1 heterocycles. The van der Waals surface area contributed by atoms with E-state index in [2.05, 4.69) is 10.1 Å². The molecule has 4 nitrogen and oxygen atoms in total. The number of nitrogens with zero attached hydrogens (tertiary/aromatic N) is 2. The summed E-state index contributed by atoms with van der Waals surface area (Å²) in [7, 11) is 0. The zero-order chi connectivity index (χ0) is 9.41. The molecule has 1 aromatic rings. The second-order valence-corrected chi connectivity index (χ2v) is 4.09. The molecule has 0 unspecified atom stereocenters. The Balaban J connectivity index is 3.02. The molecule has 0 saturated carbocycles. The molecule has 0 aromatic carbocycles. The Bertz CT molecular complexity index is 246. The average molecular weight is 169 g/mol. The second kappa shape index (κ2) is 2.55. The Morgan fingerprint density at radius 3 is 2.25 bits per heavy atom. The van der Waals surface area contributed by atoms with E-state index in [-0.39, 0.29) is 11.0 Å². The first-order valence-corrected chi connectivity index (χ1v) is 3.92. The molecule has 1 rings (SSSR count). The monoisotopic (exact) mass is 169 g/mol. The quantitative estimate of drug-likeness (QED) is 0.719. The summed E-state index contributed by atoms with van der Waals surface area (Å²) in [6.07, 6.45) is 1.39. The molecule has 12 heavy (non-hydrogen) atoms. The van der Waals surface area contributed by atoms with Crippen LogP contribution in [0, 0.1) is 0 Å². The van der Waals surface area contributed by atoms with Crippen LogP contribution in [0.2, 0.25) is 0 Å². The summed E-state index contributed by atoms with van der Waals surface area (Å²) in [5.74, 6) is 0.579. The highest BCUT2D eigenvalue weighted by Gasteiger charge is 2.39. The highest BCUT2D eigenvalue weighted by atomic mass is 16.5. The van der Waals surface area contributed by atoms with Gasteiger partial charge in [-0.05, 0) is 27.7 Å². The fraction of sp³-hybridized carbons (Fsp3) is 0.750. The number of nitrogens with two attached hydrogens (primary N) is 1. The maximum Gasteiger partial charge on any atom is 0.233 e. The minimum Gasteiger partial charge on any atom is -0.339 e. The smallest absolute Gasteiger partial charge is 0.233 e. The fourth-order valence-electron chi connectivity index (χ4n) is 0.724. The molecule has 0 bridgehead atoms. The number of hydrogen-bond donors (Lipinski definition) is 1. The van der Waals surface area contributed by atoms with Gasteiger partial charge in [0.05, 0.1) is 5.41 Å². The van der Waals surface area contributed by atoms with Gasteiger partial charge in [0.25, 0.3) is 0 Å². The van der Waals surface area contributed by atoms with Crippen molar-refractivity contribution in [1.29, 1.82) is 0 Å². The Hall–Kier alpha value is -0.900. The summed E-state index contributed by atoms with van der Waals surface area (Å²) >= 11 is 0. The third-order valence-electron chi connectivity index (χ3n) is 2.51. The summed E-state index contributed by atoms with van der Waals surface area (Å²) in [5.41, 5.74) is 5.30. The Morgan fingerprint density at radius 1 is 1.33 bits per heavy atom. The van der Waals surface area contributed by atoms with E-state index >= 15 is 0 Å². The van der Waals surface area contributed by atoms with E-state index in [0.717, 1.165) is 0 Å². The van der Waals surface area contributed by atoms with Gasteiger partial charge in [-0.15, -0.1) is 0 Å². The largest absolute Gasteiger partial charge is 0.339 e. The van der Waals surface area contributed by atoms with Crippen molar-refractivity contribution in [2.24, 2.45) is 5.73 Å². The average Bonchev–Trinajstić information content (AvgIpc) is 2.34. The topological polar surface area (TPSA) is 64.9 Å². The van der Waals surface area contributed by atoms with Crippen LogP contribution >= 0.6 is 0 Å². The molecule has 0 amide bonds. The second-order valence-electron chi connectivity index (χ2n) is 4.09. The zero-order valence-electron chi connectivity index (χ0n) is 7.96. The summed E-state index contributed by atoms with van der Waals surface area (Å²) in [6, 6.07) is 0. The number of aromatic nitrogens is 2. The van der Waals surface area contributed by atoms with Crippen molar-refractivity contribution in [3.05, 3.63) is 12.2 Å². The molecule has 2 N–H and O–H groups in total. The molecule has 68 valence electrons. The van der Waals surface area contributed by atoms with Gasteiger partial charge in [-0.3, -0.25) is 0 Å². The van der Waals surface area contributed by atoms with Crippen LogP contribution < -0.4 is 5.73 Å². The van der Waals surface area contributed by atoms with Gasteiger partial charge in [-0.2, -0.15) is 4.98 Å². The van der Waals surface area contributed by atoms with E-state index in [0.29, 0.717) is 5.89 Å². The Labute approximate surface area is 72.1 Å². The highest BCUT2D eigenvalue weighted by molar-refractivity contribution is 5.09. The van der Waals surface area contributed by atoms with E-state index in [1.165, 1.54) is 6.33 Å². The maximum absolute atomic E-state index is 5.98. The fourth-order valence-corrected chi connectivity index (χ4v) is 0.724. The molecular formula is C8H15N3O. The van der Waals surface area contributed by atoms with E-state index in [4.69, 9.17) is 10.3 Å². The van der Waals surface area contributed by atoms with Crippen LogP contribution in [0.1, 0.15) is 33.6 Å². The van der Waals surface area contributed by atoms with E-state index in [9.17, 15) is 0 Å². The standard InChI is InChI=1S/C8H15N3O/c1-7(2,8(3,4)9)6-10-5-11-12-6/h5H,9H2,1-4H3. The minimum absolute atomic E-state index is 0.302. The summed E-state index contributed by atoms with van der Waals surface area (Å²) in [6.45, 7) is 7.86. The molecule has 0 spiro atoms. The van der Waals surface area contributed by atoms with Crippen molar-refractivity contribution < 1.29 is 4.52 Å². The van der Waals surface area contributed by atoms with Crippen LogP contribution in [-0.2, 0) is 5.41 Å². The van der Waals surface area contributed by atoms with Gasteiger partial charge in [-0.25, -0.2) is 0 Å². The number of hydrogen-bond acceptors (Lipinski definition) is 4. The van der Waals surface area contributed by atoms with Crippen molar-refractivity contribution in [1.82, 2.24) is 10.1 Å². The van der Waals surface area contributed by atoms with Gasteiger partial charge in [0.2, 0.25) is 5.89 Å². The zero-order valence-corrected chi connectivity index (χ0v) is 7.96. The molecule has 0 aliphatic rings. The normalized spacial score (nSPS) is 13.4. The predicted octanol–water partition coefficient (Wildman–Crippen LogP) is 1.08. The molecule has 4 heteroatoms. The van der Waals surface area contributed by atoms with Crippen molar-refractivity contribution in [3.63, 3.8) is 0 Å². The molecule has 1 aromatic heterocycles. The van der Waals surface area contributed by atoms with Gasteiger partial charge < -0.3 is 10.3 Å². The van der Waals surface area contributed by atoms with Crippen LogP contribution in [0.15, 0.2) is 10.9 Å². The van der Waals surface area contributed by atoms with Crippen LogP contribution in [0.25, 0.3) is 0 Å². The number of rotatable bonds is 2. The van der Waals surface area contributed by atoms with Crippen molar-refractivity contribution in [2.45, 2.75) is 38.6 Å². The van der Waals surface area contributed by atoms with Gasteiger partial charge in [0.15, 0.2) is 6.33 Å². The van der Waals surface area contributed by atoms with Crippen LogP contribution in [0.4, 0.5) is 0 Å². The molecule has 0 radical (unpaired) electrons. The predicted molar refractivity (Wildman–Crippen MR) is 45.6 cm³/mol. The lowest BCUT2D eigenvalue weighted by Crippen LogP contribution is -2.50. The van der Waals surface area contributed by atoms with Crippen molar-refractivity contribution in [2.75, 3.05) is 0 Å². The molecule has 0 saturated heterocycles. The summed E-state index contributed by atoms with van der Waals surface area (Å²) in [4.78, 5) is 4.00. The first-order chi connectivity index (χ1) is 5.36. The lowest BCUT2D eigenvalue weighted by Gasteiger charge is -2.34. The molecule has 0 aliphatic carbocycles. The van der Waals surface area contributed by atoms with Crippen LogP contribution in [-0.4, -0.2) is 15.7 Å². The highest BCUT2D eigenvalue weighted by Crippen LogP contribution is 2.30. The SMILES string of the molecule is CC(C)(N)C(C)(C)c1ncno1. The van der Waals surface area contributed by atoms with E-state index < -0.39 is 0 Å². The van der Waals surface area contributed by atoms with E-state index in [1.807, 2.05) is 27.7 Å². The first kappa shape index (κ1) is 9.19. The lowest BCUT2D eigenvalue weighted by atomic mass is 9.75. The third kappa shape index (κ3) is 1.34. The van der Waals surface area contributed by atoms with E-state index in [1.54, 1.807) is 0 Å². The van der Waals surface area contributed by atoms with Crippen molar-refractivity contribution >= 4 is 0 Å². The Kier molecular flexibility index (Phi) is 1.96. The van der Waals surface area contributed by atoms with Gasteiger partial charge >= 0.3 is 0 Å². The third-order valence-corrected chi connectivity index (χ3v) is 2.51. The maximum atomic E-state index is 5.98. The first-order valence-electron chi connectivity index (χ1n) is 3.92. The van der Waals surface area contributed by atoms with Gasteiger partial charge in [-0.1, -0.05) is 5.16 Å². The van der Waals surface area contributed by atoms with Crippen LogP contribution in [0.3, 0.4) is 0 Å². The van der Waals surface area contributed by atoms with Gasteiger partial charge in [0, 0.05) is 5.54 Å². The Morgan fingerprint density at radius 2 is 1.92 bits per heavy atom. The van der Waals surface area contributed by atoms with Gasteiger partial charge in [0.1, 0.15) is 0 Å². The molecule has 0 fully saturated rings.